The maximum Gasteiger partial charge on any atom is 0.207 e. The molecule has 0 saturated carbocycles. The Morgan fingerprint density at radius 1 is 1.40 bits per heavy atom. The Hall–Kier alpha value is -1.64. The van der Waals surface area contributed by atoms with Crippen molar-refractivity contribution in [2.45, 2.75) is 26.3 Å². The van der Waals surface area contributed by atoms with Gasteiger partial charge in [-0.3, -0.25) is 9.59 Å². The molecule has 3 nitrogen and oxygen atoms in total. The summed E-state index contributed by atoms with van der Waals surface area (Å²) in [6.07, 6.45) is 1.16. The van der Waals surface area contributed by atoms with E-state index in [1.165, 1.54) is 0 Å². The van der Waals surface area contributed by atoms with Gasteiger partial charge in [0, 0.05) is 6.42 Å². The summed E-state index contributed by atoms with van der Waals surface area (Å²) >= 11 is 0. The SMILES string of the molecule is CC(=O)Cc1ccc([C@@H](C)NC=O)cc1. The van der Waals surface area contributed by atoms with Gasteiger partial charge in [-0.1, -0.05) is 24.3 Å². The second kappa shape index (κ2) is 5.29. The Bertz CT molecular complexity index is 343. The van der Waals surface area contributed by atoms with E-state index in [0.717, 1.165) is 11.1 Å². The summed E-state index contributed by atoms with van der Waals surface area (Å²) in [5.74, 6) is 0.154. The molecule has 0 fully saturated rings. The van der Waals surface area contributed by atoms with Crippen LogP contribution in [-0.4, -0.2) is 12.2 Å². The molecule has 0 radical (unpaired) electrons. The molecular formula is C12H15NO2. The fraction of sp³-hybridized carbons (Fsp3) is 0.333. The van der Waals surface area contributed by atoms with Crippen LogP contribution in [0.5, 0.6) is 0 Å². The maximum absolute atomic E-state index is 10.9. The third-order valence-corrected chi connectivity index (χ3v) is 2.25. The monoisotopic (exact) mass is 205 g/mol. The Kier molecular flexibility index (Phi) is 4.03. The van der Waals surface area contributed by atoms with E-state index in [-0.39, 0.29) is 11.8 Å². The van der Waals surface area contributed by atoms with Gasteiger partial charge in [-0.15, -0.1) is 0 Å². The number of carbonyl (C=O) groups excluding carboxylic acids is 2. The number of nitrogens with one attached hydrogen (secondary N) is 1. The minimum absolute atomic E-state index is 0.00822. The third-order valence-electron chi connectivity index (χ3n) is 2.25. The summed E-state index contributed by atoms with van der Waals surface area (Å²) in [5.41, 5.74) is 2.04. The number of hydrogen-bond donors (Lipinski definition) is 1. The van der Waals surface area contributed by atoms with Crippen molar-refractivity contribution in [3.05, 3.63) is 35.4 Å². The molecule has 1 aromatic rings. The van der Waals surface area contributed by atoms with Gasteiger partial charge in [0.25, 0.3) is 0 Å². The molecule has 0 aliphatic heterocycles. The number of amides is 1. The molecule has 0 bridgehead atoms. The smallest absolute Gasteiger partial charge is 0.207 e. The molecule has 0 aliphatic carbocycles. The lowest BCUT2D eigenvalue weighted by Gasteiger charge is -2.10. The van der Waals surface area contributed by atoms with Gasteiger partial charge in [0.05, 0.1) is 6.04 Å². The zero-order chi connectivity index (χ0) is 11.3. The van der Waals surface area contributed by atoms with Crippen LogP contribution in [0, 0.1) is 0 Å². The van der Waals surface area contributed by atoms with Crippen LogP contribution in [0.15, 0.2) is 24.3 Å². The second-order valence-electron chi connectivity index (χ2n) is 3.63. The van der Waals surface area contributed by atoms with E-state index >= 15 is 0 Å². The van der Waals surface area contributed by atoms with Gasteiger partial charge >= 0.3 is 0 Å². The molecule has 3 heteroatoms. The first-order chi connectivity index (χ1) is 7.13. The minimum atomic E-state index is 0.00822. The number of ketones is 1. The lowest BCUT2D eigenvalue weighted by Crippen LogP contribution is -2.15. The van der Waals surface area contributed by atoms with Crippen molar-refractivity contribution < 1.29 is 9.59 Å². The predicted octanol–water partition coefficient (Wildman–Crippen LogP) is 1.63. The first-order valence-corrected chi connectivity index (χ1v) is 4.91. The van der Waals surface area contributed by atoms with Crippen molar-refractivity contribution in [2.75, 3.05) is 0 Å². The summed E-state index contributed by atoms with van der Waals surface area (Å²) in [7, 11) is 0. The van der Waals surface area contributed by atoms with E-state index < -0.39 is 0 Å². The largest absolute Gasteiger partial charge is 0.352 e. The molecule has 1 rings (SSSR count). The Labute approximate surface area is 89.5 Å². The fourth-order valence-corrected chi connectivity index (χ4v) is 1.41. The molecule has 1 amide bonds. The van der Waals surface area contributed by atoms with Gasteiger partial charge < -0.3 is 5.32 Å². The second-order valence-corrected chi connectivity index (χ2v) is 3.63. The van der Waals surface area contributed by atoms with Crippen LogP contribution >= 0.6 is 0 Å². The Morgan fingerprint density at radius 2 is 2.00 bits per heavy atom. The Morgan fingerprint density at radius 3 is 2.47 bits per heavy atom. The summed E-state index contributed by atoms with van der Waals surface area (Å²) in [4.78, 5) is 21.1. The standard InChI is InChI=1S/C12H15NO2/c1-9(15)7-11-3-5-12(6-4-11)10(2)13-8-14/h3-6,8,10H,7H2,1-2H3,(H,13,14)/t10-/m1/s1. The molecule has 1 atom stereocenters. The van der Waals surface area contributed by atoms with E-state index in [1.54, 1.807) is 6.92 Å². The van der Waals surface area contributed by atoms with Gasteiger partial charge in [0.1, 0.15) is 5.78 Å². The van der Waals surface area contributed by atoms with Crippen molar-refractivity contribution >= 4 is 12.2 Å². The van der Waals surface area contributed by atoms with Crippen LogP contribution in [0.2, 0.25) is 0 Å². The van der Waals surface area contributed by atoms with Gasteiger partial charge in [-0.05, 0) is 25.0 Å². The lowest BCUT2D eigenvalue weighted by molar-refractivity contribution is -0.116. The molecule has 0 aliphatic rings. The van der Waals surface area contributed by atoms with Crippen LogP contribution in [0.4, 0.5) is 0 Å². The van der Waals surface area contributed by atoms with E-state index in [1.807, 2.05) is 31.2 Å². The fourth-order valence-electron chi connectivity index (χ4n) is 1.41. The van der Waals surface area contributed by atoms with Gasteiger partial charge in [-0.25, -0.2) is 0 Å². The molecule has 0 spiro atoms. The average Bonchev–Trinajstić information content (AvgIpc) is 2.18. The third kappa shape index (κ3) is 3.54. The highest BCUT2D eigenvalue weighted by molar-refractivity contribution is 5.78. The maximum atomic E-state index is 10.9. The van der Waals surface area contributed by atoms with Crippen molar-refractivity contribution in [1.29, 1.82) is 0 Å². The van der Waals surface area contributed by atoms with Gasteiger partial charge in [0.2, 0.25) is 6.41 Å². The van der Waals surface area contributed by atoms with E-state index in [9.17, 15) is 9.59 Å². The van der Waals surface area contributed by atoms with Crippen LogP contribution in [0.1, 0.15) is 31.0 Å². The molecule has 80 valence electrons. The van der Waals surface area contributed by atoms with Crippen molar-refractivity contribution in [1.82, 2.24) is 5.32 Å². The molecular weight excluding hydrogens is 190 g/mol. The van der Waals surface area contributed by atoms with E-state index in [0.29, 0.717) is 12.8 Å². The van der Waals surface area contributed by atoms with Gasteiger partial charge in [-0.2, -0.15) is 0 Å². The first-order valence-electron chi connectivity index (χ1n) is 4.91. The lowest BCUT2D eigenvalue weighted by atomic mass is 10.0. The van der Waals surface area contributed by atoms with E-state index in [2.05, 4.69) is 5.32 Å². The van der Waals surface area contributed by atoms with Crippen LogP contribution in [0.3, 0.4) is 0 Å². The summed E-state index contributed by atoms with van der Waals surface area (Å²) in [6.45, 7) is 3.48. The number of carbonyl (C=O) groups is 2. The zero-order valence-corrected chi connectivity index (χ0v) is 8.99. The van der Waals surface area contributed by atoms with Crippen molar-refractivity contribution in [2.24, 2.45) is 0 Å². The molecule has 0 aromatic heterocycles. The molecule has 15 heavy (non-hydrogen) atoms. The summed E-state index contributed by atoms with van der Waals surface area (Å²) in [6, 6.07) is 7.70. The highest BCUT2D eigenvalue weighted by atomic mass is 16.1. The van der Waals surface area contributed by atoms with Crippen LogP contribution < -0.4 is 5.32 Å². The van der Waals surface area contributed by atoms with Crippen LogP contribution in [-0.2, 0) is 16.0 Å². The predicted molar refractivity (Wildman–Crippen MR) is 58.4 cm³/mol. The molecule has 0 unspecified atom stereocenters. The minimum Gasteiger partial charge on any atom is -0.352 e. The number of rotatable bonds is 5. The molecule has 0 saturated heterocycles. The number of Topliss-reactive ketones (excluding diaryl/α,β-unsaturated/α-hetero) is 1. The topological polar surface area (TPSA) is 46.2 Å². The Balaban J connectivity index is 2.71. The average molecular weight is 205 g/mol. The molecule has 1 N–H and O–H groups in total. The number of hydrogen-bond acceptors (Lipinski definition) is 2. The van der Waals surface area contributed by atoms with Crippen LogP contribution in [0.25, 0.3) is 0 Å². The van der Waals surface area contributed by atoms with Crippen molar-refractivity contribution in [3.63, 3.8) is 0 Å². The quantitative estimate of drug-likeness (QED) is 0.742. The first kappa shape index (κ1) is 11.4. The molecule has 0 heterocycles. The normalized spacial score (nSPS) is 11.9. The molecule has 1 aromatic carbocycles. The summed E-state index contributed by atoms with van der Waals surface area (Å²) in [5, 5.41) is 2.67. The zero-order valence-electron chi connectivity index (χ0n) is 8.99. The van der Waals surface area contributed by atoms with Gasteiger partial charge in [0.15, 0.2) is 0 Å². The van der Waals surface area contributed by atoms with E-state index in [4.69, 9.17) is 0 Å². The highest BCUT2D eigenvalue weighted by Gasteiger charge is 2.03. The summed E-state index contributed by atoms with van der Waals surface area (Å²) < 4.78 is 0. The highest BCUT2D eigenvalue weighted by Crippen LogP contribution is 2.13. The van der Waals surface area contributed by atoms with Crippen molar-refractivity contribution in [3.8, 4) is 0 Å². The number of benzene rings is 1.